The van der Waals surface area contributed by atoms with Crippen molar-refractivity contribution in [2.75, 3.05) is 10.6 Å². The molecule has 3 N–H and O–H groups in total. The van der Waals surface area contributed by atoms with Crippen molar-refractivity contribution in [2.24, 2.45) is 0 Å². The summed E-state index contributed by atoms with van der Waals surface area (Å²) in [4.78, 5) is 22.1. The lowest BCUT2D eigenvalue weighted by Gasteiger charge is -2.19. The van der Waals surface area contributed by atoms with Crippen LogP contribution >= 0.6 is 15.9 Å². The molecule has 0 aliphatic carbocycles. The van der Waals surface area contributed by atoms with Gasteiger partial charge < -0.3 is 9.84 Å². The number of hydrogen-bond acceptors (Lipinski definition) is 3. The Morgan fingerprint density at radius 1 is 1.26 bits per heavy atom. The van der Waals surface area contributed by atoms with Gasteiger partial charge in [0.05, 0.1) is 5.69 Å². The van der Waals surface area contributed by atoms with Gasteiger partial charge in [0, 0.05) is 10.2 Å². The average molecular weight is 331 g/mol. The van der Waals surface area contributed by atoms with Crippen LogP contribution in [0.25, 0.3) is 0 Å². The molecule has 6 nitrogen and oxygen atoms in total. The van der Waals surface area contributed by atoms with Crippen LogP contribution in [0.4, 0.5) is 21.0 Å². The molecule has 0 aliphatic rings. The minimum absolute atomic E-state index is 0.391. The second-order valence-electron chi connectivity index (χ2n) is 4.75. The molecular weight excluding hydrogens is 316 g/mol. The first kappa shape index (κ1) is 15.3. The SMILES string of the molecule is CC(C)(C)OC(=O)Nc1ccc(NC(=O)O)c(Br)c1. The third kappa shape index (κ3) is 5.60. The molecule has 0 aliphatic heterocycles. The molecule has 1 rings (SSSR count). The second kappa shape index (κ2) is 5.92. The van der Waals surface area contributed by atoms with Crippen molar-refractivity contribution in [3.8, 4) is 0 Å². The van der Waals surface area contributed by atoms with Crippen LogP contribution in [0.5, 0.6) is 0 Å². The predicted molar refractivity (Wildman–Crippen MR) is 75.6 cm³/mol. The summed E-state index contributed by atoms with van der Waals surface area (Å²) in [6.07, 6.45) is -1.73. The molecule has 1 aromatic rings. The topological polar surface area (TPSA) is 87.7 Å². The third-order valence-corrected chi connectivity index (χ3v) is 2.51. The molecule has 7 heteroatoms. The van der Waals surface area contributed by atoms with E-state index in [-0.39, 0.29) is 0 Å². The van der Waals surface area contributed by atoms with Crippen LogP contribution < -0.4 is 10.6 Å². The molecule has 0 saturated carbocycles. The number of carbonyl (C=O) groups excluding carboxylic acids is 1. The number of amides is 2. The summed E-state index contributed by atoms with van der Waals surface area (Å²) >= 11 is 3.21. The van der Waals surface area contributed by atoms with Crippen molar-refractivity contribution in [3.63, 3.8) is 0 Å². The van der Waals surface area contributed by atoms with Crippen molar-refractivity contribution in [1.29, 1.82) is 0 Å². The predicted octanol–water partition coefficient (Wildman–Crippen LogP) is 3.89. The summed E-state index contributed by atoms with van der Waals surface area (Å²) < 4.78 is 5.62. The minimum atomic E-state index is -1.16. The van der Waals surface area contributed by atoms with Gasteiger partial charge in [-0.05, 0) is 54.9 Å². The standard InChI is InChI=1S/C12H15BrN2O4/c1-12(2,3)19-11(18)14-7-4-5-9(8(13)6-7)15-10(16)17/h4-6,15H,1-3H3,(H,14,18)(H,16,17). The van der Waals surface area contributed by atoms with E-state index in [0.717, 1.165) is 0 Å². The number of rotatable bonds is 2. The Bertz CT molecular complexity index is 497. The Hall–Kier alpha value is -1.76. The first-order valence-electron chi connectivity index (χ1n) is 5.47. The van der Waals surface area contributed by atoms with Crippen molar-refractivity contribution in [3.05, 3.63) is 22.7 Å². The molecule has 0 bridgehead atoms. The molecule has 0 saturated heterocycles. The van der Waals surface area contributed by atoms with E-state index >= 15 is 0 Å². The largest absolute Gasteiger partial charge is 0.465 e. The van der Waals surface area contributed by atoms with E-state index in [4.69, 9.17) is 9.84 Å². The van der Waals surface area contributed by atoms with Gasteiger partial charge in [0.2, 0.25) is 0 Å². The number of ether oxygens (including phenoxy) is 1. The molecule has 0 fully saturated rings. The molecule has 1 aromatic carbocycles. The summed E-state index contributed by atoms with van der Waals surface area (Å²) in [5.41, 5.74) is 0.311. The van der Waals surface area contributed by atoms with Crippen molar-refractivity contribution < 1.29 is 19.4 Å². The molecular formula is C12H15BrN2O4. The highest BCUT2D eigenvalue weighted by molar-refractivity contribution is 9.10. The smallest absolute Gasteiger partial charge is 0.412 e. The summed E-state index contributed by atoms with van der Waals surface area (Å²) in [6.45, 7) is 5.30. The summed E-state index contributed by atoms with van der Waals surface area (Å²) in [7, 11) is 0. The zero-order chi connectivity index (χ0) is 14.6. The van der Waals surface area contributed by atoms with E-state index in [2.05, 4.69) is 26.6 Å². The lowest BCUT2D eigenvalue weighted by molar-refractivity contribution is 0.0636. The number of nitrogens with one attached hydrogen (secondary N) is 2. The van der Waals surface area contributed by atoms with Gasteiger partial charge in [0.25, 0.3) is 0 Å². The quantitative estimate of drug-likeness (QED) is 0.767. The van der Waals surface area contributed by atoms with Crippen LogP contribution in [0.15, 0.2) is 22.7 Å². The van der Waals surface area contributed by atoms with E-state index < -0.39 is 17.8 Å². The second-order valence-corrected chi connectivity index (χ2v) is 5.61. The Labute approximate surface area is 119 Å². The number of halogens is 1. The van der Waals surface area contributed by atoms with Crippen LogP contribution in [0, 0.1) is 0 Å². The van der Waals surface area contributed by atoms with Gasteiger partial charge in [-0.2, -0.15) is 0 Å². The fraction of sp³-hybridized carbons (Fsp3) is 0.333. The van der Waals surface area contributed by atoms with Crippen LogP contribution in [0.3, 0.4) is 0 Å². The summed E-state index contributed by atoms with van der Waals surface area (Å²) in [5, 5.41) is 13.4. The highest BCUT2D eigenvalue weighted by atomic mass is 79.9. The van der Waals surface area contributed by atoms with Gasteiger partial charge >= 0.3 is 12.2 Å². The highest BCUT2D eigenvalue weighted by Crippen LogP contribution is 2.26. The Morgan fingerprint density at radius 3 is 2.37 bits per heavy atom. The molecule has 2 amide bonds. The molecule has 0 atom stereocenters. The van der Waals surface area contributed by atoms with Crippen LogP contribution in [-0.4, -0.2) is 22.9 Å². The van der Waals surface area contributed by atoms with Crippen LogP contribution in [0.1, 0.15) is 20.8 Å². The zero-order valence-corrected chi connectivity index (χ0v) is 12.4. The Kier molecular flexibility index (Phi) is 4.77. The summed E-state index contributed by atoms with van der Waals surface area (Å²) in [5.74, 6) is 0. The molecule has 0 heterocycles. The van der Waals surface area contributed by atoms with E-state index in [9.17, 15) is 9.59 Å². The Morgan fingerprint density at radius 2 is 1.89 bits per heavy atom. The zero-order valence-electron chi connectivity index (χ0n) is 10.8. The minimum Gasteiger partial charge on any atom is -0.465 e. The number of benzene rings is 1. The molecule has 0 spiro atoms. The number of carboxylic acid groups (broad SMARTS) is 1. The van der Waals surface area contributed by atoms with Crippen LogP contribution in [-0.2, 0) is 4.74 Å². The molecule has 19 heavy (non-hydrogen) atoms. The third-order valence-electron chi connectivity index (χ3n) is 1.86. The lowest BCUT2D eigenvalue weighted by Crippen LogP contribution is -2.27. The Balaban J connectivity index is 2.73. The average Bonchev–Trinajstić information content (AvgIpc) is 2.18. The number of hydrogen-bond donors (Lipinski definition) is 3. The monoisotopic (exact) mass is 330 g/mol. The highest BCUT2D eigenvalue weighted by Gasteiger charge is 2.16. The molecule has 0 aromatic heterocycles. The normalized spacial score (nSPS) is 10.7. The van der Waals surface area contributed by atoms with Gasteiger partial charge in [-0.15, -0.1) is 0 Å². The lowest BCUT2D eigenvalue weighted by atomic mass is 10.2. The van der Waals surface area contributed by atoms with E-state index in [1.54, 1.807) is 32.9 Å². The molecule has 0 radical (unpaired) electrons. The van der Waals surface area contributed by atoms with Crippen molar-refractivity contribution in [1.82, 2.24) is 0 Å². The maximum Gasteiger partial charge on any atom is 0.412 e. The maximum atomic E-state index is 11.5. The van der Waals surface area contributed by atoms with Gasteiger partial charge in [0.15, 0.2) is 0 Å². The number of anilines is 2. The van der Waals surface area contributed by atoms with Crippen LogP contribution in [0.2, 0.25) is 0 Å². The van der Waals surface area contributed by atoms with E-state index in [1.165, 1.54) is 6.07 Å². The van der Waals surface area contributed by atoms with Gasteiger partial charge in [-0.1, -0.05) is 0 Å². The van der Waals surface area contributed by atoms with E-state index in [0.29, 0.717) is 15.8 Å². The van der Waals surface area contributed by atoms with Crippen molar-refractivity contribution >= 4 is 39.5 Å². The first-order chi connectivity index (χ1) is 8.67. The van der Waals surface area contributed by atoms with E-state index in [1.807, 2.05) is 0 Å². The van der Waals surface area contributed by atoms with Crippen molar-refractivity contribution in [2.45, 2.75) is 26.4 Å². The fourth-order valence-corrected chi connectivity index (χ4v) is 1.71. The fourth-order valence-electron chi connectivity index (χ4n) is 1.23. The number of carbonyl (C=O) groups is 2. The van der Waals surface area contributed by atoms with Gasteiger partial charge in [-0.25, -0.2) is 9.59 Å². The molecule has 104 valence electrons. The molecule has 0 unspecified atom stereocenters. The van der Waals surface area contributed by atoms with Gasteiger partial charge in [-0.3, -0.25) is 10.6 Å². The maximum absolute atomic E-state index is 11.5. The summed E-state index contributed by atoms with van der Waals surface area (Å²) in [6, 6.07) is 4.68. The van der Waals surface area contributed by atoms with Gasteiger partial charge in [0.1, 0.15) is 5.60 Å². The first-order valence-corrected chi connectivity index (χ1v) is 6.26.